The Morgan fingerprint density at radius 3 is 2.53 bits per heavy atom. The summed E-state index contributed by atoms with van der Waals surface area (Å²) in [5, 5.41) is 7.00. The van der Waals surface area contributed by atoms with Gasteiger partial charge < -0.3 is 24.8 Å². The molecule has 0 saturated carbocycles. The van der Waals surface area contributed by atoms with Crippen LogP contribution in [-0.2, 0) is 11.3 Å². The van der Waals surface area contributed by atoms with Gasteiger partial charge in [-0.05, 0) is 79.8 Å². The molecule has 0 radical (unpaired) electrons. The third-order valence-electron chi connectivity index (χ3n) is 6.15. The first kappa shape index (κ1) is 23.6. The highest BCUT2D eigenvalue weighted by molar-refractivity contribution is 7.80. The molecule has 0 aliphatic carbocycles. The van der Waals surface area contributed by atoms with Gasteiger partial charge in [-0.3, -0.25) is 9.78 Å². The molecular weight excluding hydrogens is 470 g/mol. The van der Waals surface area contributed by atoms with Crippen LogP contribution in [0.3, 0.4) is 0 Å². The number of hydrogen-bond acceptors (Lipinski definition) is 4. The number of anilines is 2. The van der Waals surface area contributed by atoms with E-state index >= 15 is 0 Å². The minimum absolute atomic E-state index is 0.0618. The Labute approximate surface area is 215 Å². The van der Waals surface area contributed by atoms with Gasteiger partial charge in [-0.25, -0.2) is 0 Å². The molecule has 2 N–H and O–H groups in total. The van der Waals surface area contributed by atoms with E-state index in [1.165, 1.54) is 0 Å². The maximum Gasteiger partial charge on any atom is 0.262 e. The molecule has 3 heterocycles. The molecule has 182 valence electrons. The summed E-state index contributed by atoms with van der Waals surface area (Å²) in [4.78, 5) is 19.1. The van der Waals surface area contributed by atoms with Crippen molar-refractivity contribution in [1.82, 2.24) is 14.9 Å². The first-order chi connectivity index (χ1) is 17.6. The molecule has 1 amide bonds. The molecule has 1 aliphatic heterocycles. The van der Waals surface area contributed by atoms with Crippen LogP contribution in [0.1, 0.15) is 30.4 Å². The molecule has 4 aromatic rings. The summed E-state index contributed by atoms with van der Waals surface area (Å²) in [6, 6.07) is 26.9. The van der Waals surface area contributed by atoms with Crippen LogP contribution < -0.4 is 20.3 Å². The van der Waals surface area contributed by atoms with Crippen LogP contribution in [0.5, 0.6) is 5.75 Å². The highest BCUT2D eigenvalue weighted by atomic mass is 32.1. The van der Waals surface area contributed by atoms with Crippen molar-refractivity contribution in [1.29, 1.82) is 0 Å². The average Bonchev–Trinajstić information content (AvgIpc) is 3.53. The number of aromatic nitrogens is 2. The predicted molar refractivity (Wildman–Crippen MR) is 145 cm³/mol. The van der Waals surface area contributed by atoms with Crippen LogP contribution in [0.4, 0.5) is 11.4 Å². The number of nitrogens with one attached hydrogen (secondary N) is 2. The minimum Gasteiger partial charge on any atom is -0.484 e. The zero-order valence-electron chi connectivity index (χ0n) is 19.9. The van der Waals surface area contributed by atoms with Gasteiger partial charge >= 0.3 is 0 Å². The lowest BCUT2D eigenvalue weighted by molar-refractivity contribution is -0.118. The molecule has 36 heavy (non-hydrogen) atoms. The van der Waals surface area contributed by atoms with E-state index in [9.17, 15) is 4.79 Å². The van der Waals surface area contributed by atoms with Crippen molar-refractivity contribution in [2.24, 2.45) is 0 Å². The van der Waals surface area contributed by atoms with Gasteiger partial charge in [-0.2, -0.15) is 0 Å². The van der Waals surface area contributed by atoms with Gasteiger partial charge in [0, 0.05) is 36.0 Å². The monoisotopic (exact) mass is 497 g/mol. The molecule has 1 saturated heterocycles. The van der Waals surface area contributed by atoms with E-state index in [-0.39, 0.29) is 24.6 Å². The molecule has 2 unspecified atom stereocenters. The second-order valence-corrected chi connectivity index (χ2v) is 8.80. The quantitative estimate of drug-likeness (QED) is 0.330. The Hall–Kier alpha value is -4.17. The fourth-order valence-corrected chi connectivity index (χ4v) is 4.83. The van der Waals surface area contributed by atoms with Crippen LogP contribution in [0.2, 0.25) is 0 Å². The number of rotatable bonds is 8. The third-order valence-corrected chi connectivity index (χ3v) is 6.46. The lowest BCUT2D eigenvalue weighted by Crippen LogP contribution is -2.30. The Bertz CT molecular complexity index is 1330. The number of hydrogen-bond donors (Lipinski definition) is 2. The maximum atomic E-state index is 12.4. The number of nitrogens with zero attached hydrogens (tertiary/aromatic N) is 3. The Morgan fingerprint density at radius 1 is 1.03 bits per heavy atom. The molecule has 2 aromatic carbocycles. The number of aryl methyl sites for hydroxylation is 1. The van der Waals surface area contributed by atoms with Crippen LogP contribution in [0.15, 0.2) is 97.3 Å². The molecule has 1 fully saturated rings. The van der Waals surface area contributed by atoms with Crippen molar-refractivity contribution >= 4 is 34.6 Å². The van der Waals surface area contributed by atoms with Gasteiger partial charge in [0.05, 0.1) is 11.7 Å². The van der Waals surface area contributed by atoms with Crippen molar-refractivity contribution in [2.45, 2.75) is 25.6 Å². The minimum atomic E-state index is -0.223. The first-order valence-corrected chi connectivity index (χ1v) is 12.3. The largest absolute Gasteiger partial charge is 0.484 e. The Morgan fingerprint density at radius 2 is 1.81 bits per heavy atom. The van der Waals surface area contributed by atoms with Crippen molar-refractivity contribution in [3.05, 3.63) is 109 Å². The normalized spacial score (nSPS) is 17.0. The van der Waals surface area contributed by atoms with Crippen molar-refractivity contribution in [2.75, 3.05) is 16.8 Å². The molecule has 5 rings (SSSR count). The van der Waals surface area contributed by atoms with Crippen LogP contribution in [0.25, 0.3) is 0 Å². The summed E-state index contributed by atoms with van der Waals surface area (Å²) in [5.74, 6) is 0.433. The molecule has 2 atom stereocenters. The number of carbonyl (C=O) groups excluding carboxylic acids is 1. The lowest BCUT2D eigenvalue weighted by Gasteiger charge is -2.29. The molecule has 1 aliphatic rings. The smallest absolute Gasteiger partial charge is 0.262 e. The number of amides is 1. The van der Waals surface area contributed by atoms with E-state index in [1.807, 2.05) is 72.8 Å². The van der Waals surface area contributed by atoms with Crippen molar-refractivity contribution < 1.29 is 9.53 Å². The van der Waals surface area contributed by atoms with E-state index < -0.39 is 0 Å². The fraction of sp³-hybridized carbons (Fsp3) is 0.179. The summed E-state index contributed by atoms with van der Waals surface area (Å²) in [7, 11) is 0. The summed E-state index contributed by atoms with van der Waals surface area (Å²) in [5.41, 5.74) is 3.70. The number of carbonyl (C=O) groups is 1. The molecule has 8 heteroatoms. The van der Waals surface area contributed by atoms with E-state index in [0.717, 1.165) is 23.6 Å². The first-order valence-electron chi connectivity index (χ1n) is 11.9. The van der Waals surface area contributed by atoms with Gasteiger partial charge in [0.25, 0.3) is 5.91 Å². The molecule has 2 aromatic heterocycles. The highest BCUT2D eigenvalue weighted by Gasteiger charge is 2.41. The van der Waals surface area contributed by atoms with Gasteiger partial charge in [-0.15, -0.1) is 0 Å². The molecular formula is C28H27N5O2S. The number of para-hydroxylation sites is 1. The zero-order valence-corrected chi connectivity index (χ0v) is 20.7. The van der Waals surface area contributed by atoms with E-state index in [4.69, 9.17) is 17.0 Å². The second-order valence-electron chi connectivity index (χ2n) is 8.41. The fourth-order valence-electron chi connectivity index (χ4n) is 4.49. The predicted octanol–water partition coefficient (Wildman–Crippen LogP) is 5.10. The standard InChI is InChI=1S/C28H27N5O2S/c1-2-32-18-8-12-24(32)27-26(23-11-6-7-17-29-23)31-28(36)33(27)21-15-13-20(14-16-21)30-25(34)19-35-22-9-4-3-5-10-22/h3-18,26-27H,2,19H2,1H3,(H,30,34)(H,31,36). The van der Waals surface area contributed by atoms with E-state index in [2.05, 4.69) is 50.3 Å². The van der Waals surface area contributed by atoms with Gasteiger partial charge in [0.1, 0.15) is 11.8 Å². The van der Waals surface area contributed by atoms with E-state index in [0.29, 0.717) is 16.5 Å². The lowest BCUT2D eigenvalue weighted by atomic mass is 10.0. The van der Waals surface area contributed by atoms with Crippen molar-refractivity contribution in [3.8, 4) is 5.75 Å². The summed E-state index contributed by atoms with van der Waals surface area (Å²) < 4.78 is 7.76. The SMILES string of the molecule is CCn1cccc1C1C(c2ccccn2)NC(=S)N1c1ccc(NC(=O)COc2ccccc2)cc1. The number of thiocarbonyl (C=S) groups is 1. The third kappa shape index (κ3) is 4.94. The average molecular weight is 498 g/mol. The number of ether oxygens (including phenoxy) is 1. The Balaban J connectivity index is 1.36. The molecule has 7 nitrogen and oxygen atoms in total. The summed E-state index contributed by atoms with van der Waals surface area (Å²) in [6.45, 7) is 2.92. The topological polar surface area (TPSA) is 71.4 Å². The second kappa shape index (κ2) is 10.6. The molecule has 0 bridgehead atoms. The van der Waals surface area contributed by atoms with Gasteiger partial charge in [0.15, 0.2) is 11.7 Å². The van der Waals surface area contributed by atoms with Gasteiger partial charge in [-0.1, -0.05) is 24.3 Å². The highest BCUT2D eigenvalue weighted by Crippen LogP contribution is 2.41. The van der Waals surface area contributed by atoms with E-state index in [1.54, 1.807) is 6.20 Å². The number of pyridine rings is 1. The zero-order chi connectivity index (χ0) is 24.9. The van der Waals surface area contributed by atoms with Crippen LogP contribution in [0, 0.1) is 0 Å². The van der Waals surface area contributed by atoms with Crippen LogP contribution in [-0.4, -0.2) is 27.2 Å². The summed E-state index contributed by atoms with van der Waals surface area (Å²) in [6.07, 6.45) is 3.89. The van der Waals surface area contributed by atoms with Crippen LogP contribution >= 0.6 is 12.2 Å². The Kier molecular flexibility index (Phi) is 6.95. The number of benzene rings is 2. The van der Waals surface area contributed by atoms with Gasteiger partial charge in [0.2, 0.25) is 0 Å². The molecule has 0 spiro atoms. The maximum absolute atomic E-state index is 12.4. The van der Waals surface area contributed by atoms with Crippen molar-refractivity contribution in [3.63, 3.8) is 0 Å². The summed E-state index contributed by atoms with van der Waals surface area (Å²) >= 11 is 5.81.